The number of oxime groups is 1. The Bertz CT molecular complexity index is 933. The molecular weight excluding hydrogens is 343 g/mol. The first-order chi connectivity index (χ1) is 12.2. The monoisotopic (exact) mass is 359 g/mol. The van der Waals surface area contributed by atoms with Crippen LogP contribution in [0.4, 0.5) is 13.2 Å². The number of carbonyl (C=O) groups is 1. The topological polar surface area (TPSA) is 38.7 Å². The van der Waals surface area contributed by atoms with Crippen LogP contribution in [0.3, 0.4) is 0 Å². The number of hydrogen-bond acceptors (Lipinski definition) is 3. The van der Waals surface area contributed by atoms with Crippen molar-refractivity contribution in [1.29, 1.82) is 0 Å². The third-order valence-corrected chi connectivity index (χ3v) is 4.18. The maximum Gasteiger partial charge on any atom is 0.416 e. The summed E-state index contributed by atoms with van der Waals surface area (Å²) in [5.41, 5.74) is 3.43. The first-order valence-corrected chi connectivity index (χ1v) is 7.93. The summed E-state index contributed by atoms with van der Waals surface area (Å²) in [5, 5.41) is 3.70. The lowest BCUT2D eigenvalue weighted by Gasteiger charge is -2.10. The molecule has 0 saturated carbocycles. The van der Waals surface area contributed by atoms with Crippen LogP contribution < -0.4 is 0 Å². The summed E-state index contributed by atoms with van der Waals surface area (Å²) in [6.45, 7) is 5.79. The number of benzene rings is 2. The molecule has 2 aromatic rings. The van der Waals surface area contributed by atoms with Gasteiger partial charge in [-0.3, -0.25) is 0 Å². The molecule has 134 valence electrons. The first-order valence-electron chi connectivity index (χ1n) is 7.93. The van der Waals surface area contributed by atoms with Crippen LogP contribution in [0.25, 0.3) is 6.08 Å². The van der Waals surface area contributed by atoms with E-state index in [9.17, 15) is 18.0 Å². The Morgan fingerprint density at radius 2 is 1.69 bits per heavy atom. The van der Waals surface area contributed by atoms with Gasteiger partial charge in [0, 0.05) is 5.56 Å². The lowest BCUT2D eigenvalue weighted by molar-refractivity contribution is -0.138. The van der Waals surface area contributed by atoms with Crippen molar-refractivity contribution in [3.05, 3.63) is 75.4 Å². The maximum absolute atomic E-state index is 13.0. The number of alkyl halides is 3. The van der Waals surface area contributed by atoms with Gasteiger partial charge in [-0.2, -0.15) is 13.2 Å². The molecule has 0 spiro atoms. The molecule has 1 aliphatic rings. The molecule has 0 radical (unpaired) electrons. The molecule has 0 unspecified atom stereocenters. The van der Waals surface area contributed by atoms with Crippen molar-refractivity contribution in [2.75, 3.05) is 0 Å². The van der Waals surface area contributed by atoms with Gasteiger partial charge >= 0.3 is 12.1 Å². The van der Waals surface area contributed by atoms with Crippen molar-refractivity contribution in [2.24, 2.45) is 5.16 Å². The first kappa shape index (κ1) is 17.9. The Morgan fingerprint density at radius 1 is 1.04 bits per heavy atom. The zero-order valence-corrected chi connectivity index (χ0v) is 14.4. The fraction of sp³-hybridized carbons (Fsp3) is 0.200. The molecule has 1 heterocycles. The molecule has 0 bridgehead atoms. The van der Waals surface area contributed by atoms with Crippen molar-refractivity contribution in [1.82, 2.24) is 0 Å². The van der Waals surface area contributed by atoms with Crippen LogP contribution in [0.5, 0.6) is 0 Å². The fourth-order valence-corrected chi connectivity index (χ4v) is 3.02. The zero-order chi connectivity index (χ0) is 19.1. The summed E-state index contributed by atoms with van der Waals surface area (Å²) in [7, 11) is 0. The lowest BCUT2D eigenvalue weighted by atomic mass is 9.94. The highest BCUT2D eigenvalue weighted by Crippen LogP contribution is 2.31. The van der Waals surface area contributed by atoms with E-state index in [0.29, 0.717) is 0 Å². The van der Waals surface area contributed by atoms with E-state index >= 15 is 0 Å². The number of aryl methyl sites for hydroxylation is 3. The Labute approximate surface area is 148 Å². The van der Waals surface area contributed by atoms with Crippen LogP contribution in [0.2, 0.25) is 0 Å². The molecule has 0 saturated heterocycles. The highest BCUT2D eigenvalue weighted by atomic mass is 19.4. The molecule has 0 amide bonds. The van der Waals surface area contributed by atoms with E-state index in [-0.39, 0.29) is 16.8 Å². The van der Waals surface area contributed by atoms with Gasteiger partial charge in [0.05, 0.1) is 11.1 Å². The molecule has 0 fully saturated rings. The van der Waals surface area contributed by atoms with Crippen LogP contribution in [0.15, 0.2) is 47.1 Å². The van der Waals surface area contributed by atoms with Crippen molar-refractivity contribution >= 4 is 17.8 Å². The maximum atomic E-state index is 13.0. The smallest absolute Gasteiger partial charge is 0.312 e. The molecule has 6 heteroatoms. The highest BCUT2D eigenvalue weighted by molar-refractivity contribution is 6.31. The standard InChI is InChI=1S/C20H16F3NO2/c1-11-7-12(2)16(13(3)8-11)10-17-18(24-26-19(17)25)14-5-4-6-15(9-14)20(21,22)23/h4-10H,1-3H3/b17-10-. The predicted molar refractivity (Wildman–Crippen MR) is 92.7 cm³/mol. The SMILES string of the molecule is Cc1cc(C)c(/C=C2\C(=O)ON=C2c2cccc(C(F)(F)F)c2)c(C)c1. The molecule has 0 aliphatic carbocycles. The Morgan fingerprint density at radius 3 is 2.31 bits per heavy atom. The number of carbonyl (C=O) groups excluding carboxylic acids is 1. The Kier molecular flexibility index (Phi) is 4.44. The summed E-state index contributed by atoms with van der Waals surface area (Å²) < 4.78 is 38.9. The minimum Gasteiger partial charge on any atom is -0.312 e. The second-order valence-electron chi connectivity index (χ2n) is 6.27. The molecule has 3 rings (SSSR count). The van der Waals surface area contributed by atoms with Crippen LogP contribution in [-0.4, -0.2) is 11.7 Å². The van der Waals surface area contributed by atoms with Gasteiger partial charge in [0.1, 0.15) is 5.71 Å². The second-order valence-corrected chi connectivity index (χ2v) is 6.27. The van der Waals surface area contributed by atoms with Crippen molar-refractivity contribution in [3.8, 4) is 0 Å². The minimum atomic E-state index is -4.48. The van der Waals surface area contributed by atoms with Gasteiger partial charge in [0.15, 0.2) is 0 Å². The molecule has 2 aromatic carbocycles. The van der Waals surface area contributed by atoms with Gasteiger partial charge in [-0.25, -0.2) is 4.79 Å². The van der Waals surface area contributed by atoms with Crippen LogP contribution in [0, 0.1) is 20.8 Å². The normalized spacial score (nSPS) is 16.0. The highest BCUT2D eigenvalue weighted by Gasteiger charge is 2.33. The molecule has 3 nitrogen and oxygen atoms in total. The van der Waals surface area contributed by atoms with E-state index in [4.69, 9.17) is 4.84 Å². The molecule has 26 heavy (non-hydrogen) atoms. The molecule has 0 N–H and O–H groups in total. The molecule has 0 aromatic heterocycles. The molecule has 0 atom stereocenters. The van der Waals surface area contributed by atoms with Gasteiger partial charge < -0.3 is 4.84 Å². The number of rotatable bonds is 2. The van der Waals surface area contributed by atoms with E-state index < -0.39 is 17.7 Å². The fourth-order valence-electron chi connectivity index (χ4n) is 3.02. The molecular formula is C20H16F3NO2. The average molecular weight is 359 g/mol. The van der Waals surface area contributed by atoms with Gasteiger partial charge in [0.25, 0.3) is 0 Å². The largest absolute Gasteiger partial charge is 0.416 e. The summed E-state index contributed by atoms with van der Waals surface area (Å²) in [4.78, 5) is 16.8. The van der Waals surface area contributed by atoms with Crippen molar-refractivity contribution in [3.63, 3.8) is 0 Å². The van der Waals surface area contributed by atoms with Crippen LogP contribution in [0.1, 0.15) is 33.4 Å². The summed E-state index contributed by atoms with van der Waals surface area (Å²) in [6.07, 6.45) is -2.85. The van der Waals surface area contributed by atoms with E-state index in [0.717, 1.165) is 34.4 Å². The molecule has 1 aliphatic heterocycles. The van der Waals surface area contributed by atoms with Crippen LogP contribution >= 0.6 is 0 Å². The second kappa shape index (κ2) is 6.44. The summed E-state index contributed by atoms with van der Waals surface area (Å²) >= 11 is 0. The number of hydrogen-bond donors (Lipinski definition) is 0. The van der Waals surface area contributed by atoms with E-state index in [1.54, 1.807) is 6.08 Å². The number of halogens is 3. The van der Waals surface area contributed by atoms with Gasteiger partial charge in [-0.15, -0.1) is 0 Å². The van der Waals surface area contributed by atoms with Crippen molar-refractivity contribution < 1.29 is 22.8 Å². The quantitative estimate of drug-likeness (QED) is 0.561. The third kappa shape index (κ3) is 3.40. The summed E-state index contributed by atoms with van der Waals surface area (Å²) in [6, 6.07) is 8.63. The lowest BCUT2D eigenvalue weighted by Crippen LogP contribution is -2.10. The van der Waals surface area contributed by atoms with E-state index in [1.807, 2.05) is 32.9 Å². The van der Waals surface area contributed by atoms with E-state index in [1.165, 1.54) is 12.1 Å². The third-order valence-electron chi connectivity index (χ3n) is 4.18. The zero-order valence-electron chi connectivity index (χ0n) is 14.4. The van der Waals surface area contributed by atoms with Gasteiger partial charge in [-0.05, 0) is 55.7 Å². The predicted octanol–water partition coefficient (Wildman–Crippen LogP) is 4.98. The Hall–Kier alpha value is -2.89. The minimum absolute atomic E-state index is 0.0977. The van der Waals surface area contributed by atoms with Gasteiger partial charge in [-0.1, -0.05) is 35.0 Å². The van der Waals surface area contributed by atoms with Gasteiger partial charge in [0.2, 0.25) is 0 Å². The average Bonchev–Trinajstić information content (AvgIpc) is 2.91. The van der Waals surface area contributed by atoms with Crippen LogP contribution in [-0.2, 0) is 15.8 Å². The Balaban J connectivity index is 2.09. The van der Waals surface area contributed by atoms with E-state index in [2.05, 4.69) is 5.16 Å². The summed E-state index contributed by atoms with van der Waals surface area (Å²) in [5.74, 6) is -0.684. The van der Waals surface area contributed by atoms with Crippen molar-refractivity contribution in [2.45, 2.75) is 26.9 Å². The number of nitrogens with zero attached hydrogens (tertiary/aromatic N) is 1.